The Kier molecular flexibility index (Phi) is 7.92. The topological polar surface area (TPSA) is 91.9 Å². The normalized spacial score (nSPS) is 19.9. The molecular formula is C25H31Cl2N7. The first-order valence-electron chi connectivity index (χ1n) is 11.9. The van der Waals surface area contributed by atoms with Crippen molar-refractivity contribution in [1.29, 1.82) is 10.7 Å². The van der Waals surface area contributed by atoms with Crippen LogP contribution in [0.15, 0.2) is 24.4 Å². The zero-order chi connectivity index (χ0) is 24.2. The number of anilines is 2. The Hall–Kier alpha value is -2.40. The molecule has 1 aromatic carbocycles. The zero-order valence-electron chi connectivity index (χ0n) is 19.7. The van der Waals surface area contributed by atoms with Crippen LogP contribution in [0.5, 0.6) is 0 Å². The lowest BCUT2D eigenvalue weighted by molar-refractivity contribution is 0.120. The van der Waals surface area contributed by atoms with Gasteiger partial charge in [0.25, 0.3) is 0 Å². The maximum atomic E-state index is 9.29. The van der Waals surface area contributed by atoms with Crippen LogP contribution in [0.2, 0.25) is 10.0 Å². The van der Waals surface area contributed by atoms with Crippen LogP contribution in [0, 0.1) is 28.6 Å². The highest BCUT2D eigenvalue weighted by molar-refractivity contribution is 6.35. The molecule has 180 valence electrons. The molecule has 9 heteroatoms. The summed E-state index contributed by atoms with van der Waals surface area (Å²) in [6.07, 6.45) is 5.46. The van der Waals surface area contributed by atoms with E-state index in [1.807, 2.05) is 19.1 Å². The number of nitrogens with one attached hydrogen (secondary N) is 2. The standard InChI is InChI=1S/C25H31Cl2N7/c1-3-8-33-9-4-5-17(13-33)18-14-34(15-18)23-12-30-24(22(29)11-28)25(32-23)31-16(2)20-7-6-19(26)10-21(20)27/h6-7,10,12,16-18,29H,3-5,8-9,13-15H2,1-2H3,(H,31,32). The predicted octanol–water partition coefficient (Wildman–Crippen LogP) is 5.41. The molecule has 0 spiro atoms. The van der Waals surface area contributed by atoms with Crippen LogP contribution < -0.4 is 10.2 Å². The molecule has 0 amide bonds. The van der Waals surface area contributed by atoms with Crippen molar-refractivity contribution >= 4 is 40.5 Å². The summed E-state index contributed by atoms with van der Waals surface area (Å²) in [4.78, 5) is 14.1. The summed E-state index contributed by atoms with van der Waals surface area (Å²) in [5.41, 5.74) is 0.865. The van der Waals surface area contributed by atoms with Crippen molar-refractivity contribution in [2.24, 2.45) is 11.8 Å². The van der Waals surface area contributed by atoms with E-state index in [1.165, 1.54) is 38.9 Å². The van der Waals surface area contributed by atoms with E-state index >= 15 is 0 Å². The van der Waals surface area contributed by atoms with Gasteiger partial charge in [-0.25, -0.2) is 9.97 Å². The number of halogens is 2. The zero-order valence-corrected chi connectivity index (χ0v) is 21.2. The molecule has 0 radical (unpaired) electrons. The highest BCUT2D eigenvalue weighted by atomic mass is 35.5. The van der Waals surface area contributed by atoms with Crippen LogP contribution in [0.4, 0.5) is 11.6 Å². The second-order valence-electron chi connectivity index (χ2n) is 9.31. The first-order chi connectivity index (χ1) is 16.4. The lowest BCUT2D eigenvalue weighted by atomic mass is 9.80. The third-order valence-electron chi connectivity index (χ3n) is 6.87. The second kappa shape index (κ2) is 10.9. The number of hydrogen-bond donors (Lipinski definition) is 2. The van der Waals surface area contributed by atoms with E-state index in [4.69, 9.17) is 33.6 Å². The third-order valence-corrected chi connectivity index (χ3v) is 7.44. The van der Waals surface area contributed by atoms with Crippen molar-refractivity contribution < 1.29 is 0 Å². The van der Waals surface area contributed by atoms with Crippen LogP contribution >= 0.6 is 23.2 Å². The summed E-state index contributed by atoms with van der Waals surface area (Å²) in [7, 11) is 0. The average Bonchev–Trinajstić information content (AvgIpc) is 2.78. The second-order valence-corrected chi connectivity index (χ2v) is 10.2. The van der Waals surface area contributed by atoms with Crippen LogP contribution in [0.1, 0.15) is 50.4 Å². The summed E-state index contributed by atoms with van der Waals surface area (Å²) in [5, 5.41) is 21.7. The summed E-state index contributed by atoms with van der Waals surface area (Å²) in [5.74, 6) is 2.59. The number of aromatic nitrogens is 2. The Morgan fingerprint density at radius 2 is 2.09 bits per heavy atom. The summed E-state index contributed by atoms with van der Waals surface area (Å²) in [6, 6.07) is 7.01. The molecule has 2 aliphatic rings. The number of hydrogen-bond acceptors (Lipinski definition) is 7. The monoisotopic (exact) mass is 499 g/mol. The molecule has 0 bridgehead atoms. The minimum atomic E-state index is -0.226. The molecule has 2 aromatic rings. The number of nitriles is 1. The number of benzene rings is 1. The van der Waals surface area contributed by atoms with Gasteiger partial charge >= 0.3 is 0 Å². The van der Waals surface area contributed by atoms with Crippen LogP contribution in [-0.4, -0.2) is 53.3 Å². The Labute approximate surface area is 211 Å². The Morgan fingerprint density at radius 3 is 2.79 bits per heavy atom. The van der Waals surface area contributed by atoms with E-state index in [9.17, 15) is 5.26 Å². The summed E-state index contributed by atoms with van der Waals surface area (Å²) < 4.78 is 0. The van der Waals surface area contributed by atoms with Gasteiger partial charge in [0, 0.05) is 29.7 Å². The van der Waals surface area contributed by atoms with E-state index in [-0.39, 0.29) is 17.4 Å². The smallest absolute Gasteiger partial charge is 0.161 e. The van der Waals surface area contributed by atoms with Gasteiger partial charge in [0.05, 0.1) is 12.2 Å². The molecule has 34 heavy (non-hydrogen) atoms. The van der Waals surface area contributed by atoms with Gasteiger partial charge in [-0.2, -0.15) is 5.26 Å². The van der Waals surface area contributed by atoms with E-state index < -0.39 is 0 Å². The van der Waals surface area contributed by atoms with Crippen molar-refractivity contribution in [3.8, 4) is 6.07 Å². The maximum Gasteiger partial charge on any atom is 0.161 e. The molecule has 0 aliphatic carbocycles. The Bertz CT molecular complexity index is 1080. The third kappa shape index (κ3) is 5.46. The molecule has 2 N–H and O–H groups in total. The predicted molar refractivity (Wildman–Crippen MR) is 138 cm³/mol. The minimum absolute atomic E-state index is 0.213. The lowest BCUT2D eigenvalue weighted by Gasteiger charge is -2.47. The lowest BCUT2D eigenvalue weighted by Crippen LogP contribution is -2.54. The SMILES string of the molecule is CCCN1CCCC(C2CN(c3cnc(C(=N)C#N)c(NC(C)c4ccc(Cl)cc4Cl)n3)C2)C1. The van der Waals surface area contributed by atoms with Crippen molar-refractivity contribution in [3.63, 3.8) is 0 Å². The summed E-state index contributed by atoms with van der Waals surface area (Å²) >= 11 is 12.4. The molecule has 3 heterocycles. The van der Waals surface area contributed by atoms with Gasteiger partial charge in [0.15, 0.2) is 11.5 Å². The minimum Gasteiger partial charge on any atom is -0.362 e. The molecule has 2 atom stereocenters. The fourth-order valence-electron chi connectivity index (χ4n) is 5.00. The highest BCUT2D eigenvalue weighted by Gasteiger charge is 2.36. The molecule has 4 rings (SSSR count). The van der Waals surface area contributed by atoms with Crippen LogP contribution in [0.3, 0.4) is 0 Å². The Morgan fingerprint density at radius 1 is 1.29 bits per heavy atom. The van der Waals surface area contributed by atoms with Crippen molar-refractivity contribution in [2.45, 2.75) is 39.2 Å². The number of likely N-dealkylation sites (tertiary alicyclic amines) is 1. The van der Waals surface area contributed by atoms with Gasteiger partial charge in [-0.3, -0.25) is 5.41 Å². The van der Waals surface area contributed by atoms with Crippen LogP contribution in [-0.2, 0) is 0 Å². The maximum absolute atomic E-state index is 9.29. The fraction of sp³-hybridized carbons (Fsp3) is 0.520. The molecule has 7 nitrogen and oxygen atoms in total. The number of rotatable bonds is 8. The molecular weight excluding hydrogens is 469 g/mol. The quantitative estimate of drug-likeness (QED) is 0.471. The first kappa shape index (κ1) is 24.7. The van der Waals surface area contributed by atoms with E-state index in [0.717, 1.165) is 30.4 Å². The van der Waals surface area contributed by atoms with E-state index in [2.05, 4.69) is 27.0 Å². The number of nitrogens with zero attached hydrogens (tertiary/aromatic N) is 5. The van der Waals surface area contributed by atoms with Crippen LogP contribution in [0.25, 0.3) is 0 Å². The fourth-order valence-corrected chi connectivity index (χ4v) is 5.57. The molecule has 2 unspecified atom stereocenters. The Balaban J connectivity index is 1.48. The van der Waals surface area contributed by atoms with Gasteiger partial charge in [0.1, 0.15) is 17.6 Å². The number of piperidine rings is 1. The van der Waals surface area contributed by atoms with E-state index in [1.54, 1.807) is 18.3 Å². The molecule has 2 aliphatic heterocycles. The van der Waals surface area contributed by atoms with E-state index in [0.29, 0.717) is 21.8 Å². The van der Waals surface area contributed by atoms with Crippen molar-refractivity contribution in [3.05, 3.63) is 45.7 Å². The van der Waals surface area contributed by atoms with Gasteiger partial charge < -0.3 is 15.1 Å². The molecule has 1 aromatic heterocycles. The van der Waals surface area contributed by atoms with Crippen molar-refractivity contribution in [2.75, 3.05) is 42.9 Å². The molecule has 0 saturated carbocycles. The summed E-state index contributed by atoms with van der Waals surface area (Å²) in [6.45, 7) is 9.74. The largest absolute Gasteiger partial charge is 0.362 e. The van der Waals surface area contributed by atoms with Gasteiger partial charge in [-0.15, -0.1) is 0 Å². The molecule has 2 saturated heterocycles. The van der Waals surface area contributed by atoms with Gasteiger partial charge in [0.2, 0.25) is 0 Å². The first-order valence-corrected chi connectivity index (χ1v) is 12.7. The average molecular weight is 500 g/mol. The highest BCUT2D eigenvalue weighted by Crippen LogP contribution is 2.34. The van der Waals surface area contributed by atoms with Crippen molar-refractivity contribution in [1.82, 2.24) is 14.9 Å². The molecule has 2 fully saturated rings. The van der Waals surface area contributed by atoms with Gasteiger partial charge in [-0.1, -0.05) is 36.2 Å². The van der Waals surface area contributed by atoms with Gasteiger partial charge in [-0.05, 0) is 68.8 Å².